The molecule has 17 heavy (non-hydrogen) atoms. The third kappa shape index (κ3) is 1.66. The first-order valence-electron chi connectivity index (χ1n) is 7.25. The van der Waals surface area contributed by atoms with Crippen LogP contribution in [0, 0.1) is 16.7 Å². The molecule has 2 heteroatoms. The summed E-state index contributed by atoms with van der Waals surface area (Å²) in [6.07, 6.45) is 8.97. The topological polar surface area (TPSA) is 9.23 Å². The van der Waals surface area contributed by atoms with Crippen molar-refractivity contribution in [3.63, 3.8) is 0 Å². The smallest absolute Gasteiger partial charge is 0.0704 e. The van der Waals surface area contributed by atoms with Gasteiger partial charge in [0.05, 0.1) is 12.2 Å². The number of hydrogen-bond acceptors (Lipinski definition) is 1. The van der Waals surface area contributed by atoms with Gasteiger partial charge in [-0.25, -0.2) is 0 Å². The first-order valence-corrected chi connectivity index (χ1v) is 8.16. The Kier molecular flexibility index (Phi) is 2.91. The molecule has 0 aromatic heterocycles. The van der Waals surface area contributed by atoms with Crippen molar-refractivity contribution >= 4 is 15.9 Å². The zero-order valence-electron chi connectivity index (χ0n) is 11.3. The SMILES string of the molecule is CC1(C)C2CCC1(C)C(OC1CCCC1Br)C2. The van der Waals surface area contributed by atoms with E-state index in [9.17, 15) is 0 Å². The second kappa shape index (κ2) is 3.96. The van der Waals surface area contributed by atoms with Gasteiger partial charge in [0, 0.05) is 4.83 Å². The number of hydrogen-bond donors (Lipinski definition) is 0. The summed E-state index contributed by atoms with van der Waals surface area (Å²) >= 11 is 3.79. The predicted molar refractivity (Wildman–Crippen MR) is 74.5 cm³/mol. The molecule has 1 nitrogen and oxygen atoms in total. The Morgan fingerprint density at radius 3 is 2.35 bits per heavy atom. The van der Waals surface area contributed by atoms with Crippen LogP contribution >= 0.6 is 15.9 Å². The van der Waals surface area contributed by atoms with Crippen molar-refractivity contribution in [2.75, 3.05) is 0 Å². The molecule has 3 rings (SSSR count). The molecule has 0 N–H and O–H groups in total. The zero-order chi connectivity index (χ0) is 12.3. The Morgan fingerprint density at radius 1 is 1.12 bits per heavy atom. The maximum absolute atomic E-state index is 6.51. The molecule has 2 bridgehead atoms. The van der Waals surface area contributed by atoms with Crippen molar-refractivity contribution in [3.8, 4) is 0 Å². The molecule has 3 aliphatic rings. The fraction of sp³-hybridized carbons (Fsp3) is 1.00. The molecule has 98 valence electrons. The van der Waals surface area contributed by atoms with Gasteiger partial charge < -0.3 is 4.74 Å². The molecule has 5 atom stereocenters. The molecule has 3 saturated carbocycles. The van der Waals surface area contributed by atoms with Crippen LogP contribution in [0.15, 0.2) is 0 Å². The number of halogens is 1. The highest BCUT2D eigenvalue weighted by Crippen LogP contribution is 2.66. The lowest BCUT2D eigenvalue weighted by Gasteiger charge is -2.40. The van der Waals surface area contributed by atoms with Crippen molar-refractivity contribution in [3.05, 3.63) is 0 Å². The summed E-state index contributed by atoms with van der Waals surface area (Å²) < 4.78 is 6.51. The van der Waals surface area contributed by atoms with Crippen molar-refractivity contribution in [1.29, 1.82) is 0 Å². The van der Waals surface area contributed by atoms with E-state index in [1.165, 1.54) is 38.5 Å². The third-order valence-corrected chi connectivity index (χ3v) is 7.47. The molecule has 3 fully saturated rings. The van der Waals surface area contributed by atoms with E-state index < -0.39 is 0 Å². The highest BCUT2D eigenvalue weighted by Gasteiger charge is 2.62. The second-order valence-electron chi connectivity index (χ2n) is 7.22. The van der Waals surface area contributed by atoms with Gasteiger partial charge in [-0.2, -0.15) is 0 Å². The van der Waals surface area contributed by atoms with Gasteiger partial charge in [0.1, 0.15) is 0 Å². The molecule has 0 amide bonds. The number of ether oxygens (including phenoxy) is 1. The Labute approximate surface area is 114 Å². The predicted octanol–water partition coefficient (Wildman–Crippen LogP) is 4.53. The minimum absolute atomic E-state index is 0.424. The highest BCUT2D eigenvalue weighted by atomic mass is 79.9. The van der Waals surface area contributed by atoms with Crippen LogP contribution in [0.25, 0.3) is 0 Å². The van der Waals surface area contributed by atoms with Gasteiger partial charge >= 0.3 is 0 Å². The minimum atomic E-state index is 0.424. The van der Waals surface area contributed by atoms with Gasteiger partial charge in [0.2, 0.25) is 0 Å². The maximum Gasteiger partial charge on any atom is 0.0704 e. The second-order valence-corrected chi connectivity index (χ2v) is 8.40. The van der Waals surface area contributed by atoms with E-state index in [2.05, 4.69) is 36.7 Å². The summed E-state index contributed by atoms with van der Waals surface area (Å²) in [5.41, 5.74) is 0.908. The monoisotopic (exact) mass is 300 g/mol. The molecule has 0 aromatic rings. The lowest BCUT2D eigenvalue weighted by atomic mass is 9.70. The molecular formula is C15H25BrO. The van der Waals surface area contributed by atoms with Crippen LogP contribution in [0.1, 0.15) is 59.3 Å². The molecule has 0 aliphatic heterocycles. The molecule has 0 saturated heterocycles. The van der Waals surface area contributed by atoms with Gasteiger partial charge in [0.15, 0.2) is 0 Å². The maximum atomic E-state index is 6.51. The number of fused-ring (bicyclic) bond motifs is 2. The standard InChI is InChI=1S/C15H25BrO/c1-14(2)10-7-8-15(14,3)13(9-10)17-12-6-4-5-11(12)16/h10-13H,4-9H2,1-3H3. The third-order valence-electron chi connectivity index (χ3n) is 6.42. The van der Waals surface area contributed by atoms with E-state index in [0.717, 1.165) is 5.92 Å². The summed E-state index contributed by atoms with van der Waals surface area (Å²) in [4.78, 5) is 0.605. The van der Waals surface area contributed by atoms with Crippen LogP contribution in [-0.2, 0) is 4.74 Å². The van der Waals surface area contributed by atoms with Crippen LogP contribution in [0.3, 0.4) is 0 Å². The van der Waals surface area contributed by atoms with Crippen molar-refractivity contribution < 1.29 is 4.74 Å². The largest absolute Gasteiger partial charge is 0.373 e. The first kappa shape index (κ1) is 12.5. The summed E-state index contributed by atoms with van der Waals surface area (Å²) in [5.74, 6) is 0.896. The Bertz CT molecular complexity index is 314. The van der Waals surface area contributed by atoms with Gasteiger partial charge in [-0.1, -0.05) is 36.7 Å². The van der Waals surface area contributed by atoms with Crippen molar-refractivity contribution in [2.45, 2.75) is 76.3 Å². The average molecular weight is 301 g/mol. The molecular weight excluding hydrogens is 276 g/mol. The Morgan fingerprint density at radius 2 is 1.88 bits per heavy atom. The van der Waals surface area contributed by atoms with E-state index in [4.69, 9.17) is 4.74 Å². The summed E-state index contributed by atoms with van der Waals surface area (Å²) in [5, 5.41) is 0. The summed E-state index contributed by atoms with van der Waals surface area (Å²) in [7, 11) is 0. The quantitative estimate of drug-likeness (QED) is 0.681. The van der Waals surface area contributed by atoms with Gasteiger partial charge in [-0.3, -0.25) is 0 Å². The highest BCUT2D eigenvalue weighted by molar-refractivity contribution is 9.09. The van der Waals surface area contributed by atoms with E-state index in [1.54, 1.807) is 0 Å². The minimum Gasteiger partial charge on any atom is -0.373 e. The molecule has 5 unspecified atom stereocenters. The lowest BCUT2D eigenvalue weighted by Crippen LogP contribution is -2.40. The number of alkyl halides is 1. The van der Waals surface area contributed by atoms with Crippen LogP contribution in [0.4, 0.5) is 0 Å². The molecule has 0 heterocycles. The van der Waals surface area contributed by atoms with E-state index in [-0.39, 0.29) is 0 Å². The summed E-state index contributed by atoms with van der Waals surface area (Å²) in [6, 6.07) is 0. The molecule has 0 aromatic carbocycles. The molecule has 0 spiro atoms. The van der Waals surface area contributed by atoms with Crippen LogP contribution in [-0.4, -0.2) is 17.0 Å². The normalized spacial score (nSPS) is 52.2. The zero-order valence-corrected chi connectivity index (χ0v) is 12.9. The fourth-order valence-corrected chi connectivity index (χ4v) is 5.29. The molecule has 3 aliphatic carbocycles. The van der Waals surface area contributed by atoms with Crippen LogP contribution in [0.2, 0.25) is 0 Å². The van der Waals surface area contributed by atoms with Gasteiger partial charge in [-0.15, -0.1) is 0 Å². The summed E-state index contributed by atoms with van der Waals surface area (Å²) in [6.45, 7) is 7.41. The Balaban J connectivity index is 1.74. The Hall–Kier alpha value is 0.440. The number of rotatable bonds is 2. The van der Waals surface area contributed by atoms with E-state index >= 15 is 0 Å². The van der Waals surface area contributed by atoms with Crippen LogP contribution in [0.5, 0.6) is 0 Å². The van der Waals surface area contributed by atoms with Crippen molar-refractivity contribution in [1.82, 2.24) is 0 Å². The lowest BCUT2D eigenvalue weighted by molar-refractivity contribution is -0.0814. The van der Waals surface area contributed by atoms with Gasteiger partial charge in [0.25, 0.3) is 0 Å². The van der Waals surface area contributed by atoms with Gasteiger partial charge in [-0.05, 0) is 55.3 Å². The molecule has 0 radical (unpaired) electrons. The van der Waals surface area contributed by atoms with E-state index in [1.807, 2.05) is 0 Å². The average Bonchev–Trinajstić information content (AvgIpc) is 2.81. The first-order chi connectivity index (χ1) is 7.95. The van der Waals surface area contributed by atoms with Crippen molar-refractivity contribution in [2.24, 2.45) is 16.7 Å². The van der Waals surface area contributed by atoms with E-state index in [0.29, 0.717) is 27.9 Å². The van der Waals surface area contributed by atoms with Crippen LogP contribution < -0.4 is 0 Å². The fourth-order valence-electron chi connectivity index (χ4n) is 4.58.